The molecule has 1 nitrogen and oxygen atoms in total. The molecule has 0 aromatic heterocycles. The van der Waals surface area contributed by atoms with Gasteiger partial charge in [0, 0.05) is 11.8 Å². The second kappa shape index (κ2) is 4.11. The van der Waals surface area contributed by atoms with Crippen molar-refractivity contribution in [2.75, 3.05) is 0 Å². The van der Waals surface area contributed by atoms with Gasteiger partial charge in [-0.2, -0.15) is 0 Å². The summed E-state index contributed by atoms with van der Waals surface area (Å²) in [7, 11) is 0. The Balaban J connectivity index is 1.86. The predicted molar refractivity (Wildman–Crippen MR) is 82.1 cm³/mol. The van der Waals surface area contributed by atoms with Crippen molar-refractivity contribution < 1.29 is 4.74 Å². The molecule has 1 atom stereocenters. The lowest BCUT2D eigenvalue weighted by atomic mass is 9.91. The summed E-state index contributed by atoms with van der Waals surface area (Å²) >= 11 is 0. The minimum atomic E-state index is -0.256. The zero-order chi connectivity index (χ0) is 13.6. The third-order valence-corrected chi connectivity index (χ3v) is 4.20. The number of ether oxygens (including phenoxy) is 1. The fourth-order valence-corrected chi connectivity index (χ4v) is 3.12. The van der Waals surface area contributed by atoms with Gasteiger partial charge in [-0.05, 0) is 23.4 Å². The van der Waals surface area contributed by atoms with Crippen LogP contribution in [-0.2, 0) is 12.0 Å². The predicted octanol–water partition coefficient (Wildman–Crippen LogP) is 4.69. The summed E-state index contributed by atoms with van der Waals surface area (Å²) in [6, 6.07) is 23.3. The average Bonchev–Trinajstić information content (AvgIpc) is 2.86. The van der Waals surface area contributed by atoms with E-state index in [2.05, 4.69) is 67.6 Å². The van der Waals surface area contributed by atoms with E-state index < -0.39 is 0 Å². The number of fused-ring (bicyclic) bond motifs is 3. The first kappa shape index (κ1) is 11.5. The molecule has 1 aliphatic rings. The maximum absolute atomic E-state index is 6.39. The van der Waals surface area contributed by atoms with Crippen LogP contribution in [0.5, 0.6) is 5.75 Å². The molecule has 0 spiro atoms. The molecule has 1 aliphatic heterocycles. The smallest absolute Gasteiger partial charge is 0.135 e. The normalized spacial score (nSPS) is 20.6. The van der Waals surface area contributed by atoms with Gasteiger partial charge in [0.1, 0.15) is 11.4 Å². The van der Waals surface area contributed by atoms with Crippen molar-refractivity contribution in [3.05, 3.63) is 77.9 Å². The van der Waals surface area contributed by atoms with Crippen molar-refractivity contribution in [3.8, 4) is 5.75 Å². The lowest BCUT2D eigenvalue weighted by Crippen LogP contribution is -2.26. The van der Waals surface area contributed by atoms with E-state index in [0.717, 1.165) is 12.2 Å². The number of benzene rings is 3. The summed E-state index contributed by atoms with van der Waals surface area (Å²) in [6.45, 7) is 2.18. The van der Waals surface area contributed by atoms with Crippen molar-refractivity contribution in [3.63, 3.8) is 0 Å². The van der Waals surface area contributed by atoms with E-state index in [0.29, 0.717) is 0 Å². The van der Waals surface area contributed by atoms with Crippen LogP contribution in [-0.4, -0.2) is 0 Å². The van der Waals surface area contributed by atoms with Gasteiger partial charge in [0.15, 0.2) is 0 Å². The minimum absolute atomic E-state index is 0.256. The zero-order valence-corrected chi connectivity index (χ0v) is 11.5. The quantitative estimate of drug-likeness (QED) is 0.616. The molecule has 3 aromatic rings. The number of hydrogen-bond acceptors (Lipinski definition) is 1. The maximum Gasteiger partial charge on any atom is 0.135 e. The van der Waals surface area contributed by atoms with Crippen LogP contribution in [0.2, 0.25) is 0 Å². The highest BCUT2D eigenvalue weighted by Crippen LogP contribution is 2.44. The van der Waals surface area contributed by atoms with E-state index in [1.807, 2.05) is 6.07 Å². The molecule has 0 fully saturated rings. The molecule has 20 heavy (non-hydrogen) atoms. The van der Waals surface area contributed by atoms with Crippen LogP contribution in [0.3, 0.4) is 0 Å². The highest BCUT2D eigenvalue weighted by molar-refractivity contribution is 5.90. The Morgan fingerprint density at radius 1 is 0.850 bits per heavy atom. The molecular weight excluding hydrogens is 244 g/mol. The van der Waals surface area contributed by atoms with Gasteiger partial charge in [0.2, 0.25) is 0 Å². The van der Waals surface area contributed by atoms with E-state index in [1.165, 1.54) is 21.9 Å². The summed E-state index contributed by atoms with van der Waals surface area (Å²) in [5.41, 5.74) is 2.28. The first-order valence-corrected chi connectivity index (χ1v) is 7.01. The summed E-state index contributed by atoms with van der Waals surface area (Å²) in [6.07, 6.45) is 0.928. The monoisotopic (exact) mass is 260 g/mol. The molecule has 0 N–H and O–H groups in total. The topological polar surface area (TPSA) is 9.23 Å². The van der Waals surface area contributed by atoms with Gasteiger partial charge in [0.05, 0.1) is 0 Å². The first-order valence-electron chi connectivity index (χ1n) is 7.01. The van der Waals surface area contributed by atoms with Crippen LogP contribution in [0.25, 0.3) is 10.8 Å². The second-order valence-electron chi connectivity index (χ2n) is 5.65. The Hall–Kier alpha value is -2.28. The molecule has 0 aliphatic carbocycles. The lowest BCUT2D eigenvalue weighted by Gasteiger charge is -2.24. The molecule has 0 bridgehead atoms. The molecule has 0 saturated heterocycles. The molecule has 1 heteroatoms. The van der Waals surface area contributed by atoms with E-state index >= 15 is 0 Å². The van der Waals surface area contributed by atoms with E-state index in [9.17, 15) is 0 Å². The van der Waals surface area contributed by atoms with Gasteiger partial charge in [-0.25, -0.2) is 0 Å². The summed E-state index contributed by atoms with van der Waals surface area (Å²) in [5, 5.41) is 2.45. The largest absolute Gasteiger partial charge is 0.482 e. The fraction of sp³-hybridized carbons (Fsp3) is 0.158. The van der Waals surface area contributed by atoms with Gasteiger partial charge in [-0.1, -0.05) is 66.7 Å². The second-order valence-corrected chi connectivity index (χ2v) is 5.65. The van der Waals surface area contributed by atoms with Crippen molar-refractivity contribution in [2.45, 2.75) is 18.9 Å². The van der Waals surface area contributed by atoms with Crippen molar-refractivity contribution in [1.82, 2.24) is 0 Å². The highest BCUT2D eigenvalue weighted by Gasteiger charge is 2.37. The molecule has 98 valence electrons. The Bertz CT molecular complexity index is 776. The molecule has 0 amide bonds. The number of hydrogen-bond donors (Lipinski definition) is 0. The van der Waals surface area contributed by atoms with Gasteiger partial charge < -0.3 is 4.74 Å². The standard InChI is InChI=1S/C19H16O/c1-19(16-8-3-2-4-9-16)13-15-12-11-14-7-5-6-10-17(14)18(15)20-19/h2-12H,13H2,1H3. The van der Waals surface area contributed by atoms with E-state index in [1.54, 1.807) is 0 Å². The molecule has 0 radical (unpaired) electrons. The van der Waals surface area contributed by atoms with Gasteiger partial charge >= 0.3 is 0 Å². The molecule has 1 unspecified atom stereocenters. The average molecular weight is 260 g/mol. The van der Waals surface area contributed by atoms with Gasteiger partial charge in [-0.3, -0.25) is 0 Å². The summed E-state index contributed by atoms with van der Waals surface area (Å²) < 4.78 is 6.39. The van der Waals surface area contributed by atoms with Crippen LogP contribution < -0.4 is 4.74 Å². The lowest BCUT2D eigenvalue weighted by molar-refractivity contribution is 0.117. The first-order chi connectivity index (χ1) is 9.76. The molecule has 1 heterocycles. The van der Waals surface area contributed by atoms with Crippen LogP contribution in [0.4, 0.5) is 0 Å². The third-order valence-electron chi connectivity index (χ3n) is 4.20. The number of rotatable bonds is 1. The molecular formula is C19H16O. The van der Waals surface area contributed by atoms with E-state index in [-0.39, 0.29) is 5.60 Å². The Labute approximate surface area is 118 Å². The van der Waals surface area contributed by atoms with Crippen molar-refractivity contribution in [2.24, 2.45) is 0 Å². The Morgan fingerprint density at radius 3 is 2.45 bits per heavy atom. The van der Waals surface area contributed by atoms with Crippen molar-refractivity contribution in [1.29, 1.82) is 0 Å². The van der Waals surface area contributed by atoms with Crippen molar-refractivity contribution >= 4 is 10.8 Å². The fourth-order valence-electron chi connectivity index (χ4n) is 3.12. The van der Waals surface area contributed by atoms with Crippen LogP contribution in [0.15, 0.2) is 66.7 Å². The highest BCUT2D eigenvalue weighted by atomic mass is 16.5. The Morgan fingerprint density at radius 2 is 1.60 bits per heavy atom. The van der Waals surface area contributed by atoms with E-state index in [4.69, 9.17) is 4.74 Å². The van der Waals surface area contributed by atoms with Gasteiger partial charge in [0.25, 0.3) is 0 Å². The zero-order valence-electron chi connectivity index (χ0n) is 11.5. The van der Waals surface area contributed by atoms with Gasteiger partial charge in [-0.15, -0.1) is 0 Å². The summed E-state index contributed by atoms with van der Waals surface area (Å²) in [4.78, 5) is 0. The minimum Gasteiger partial charge on any atom is -0.482 e. The van der Waals surface area contributed by atoms with Crippen LogP contribution in [0, 0.1) is 0 Å². The molecule has 3 aromatic carbocycles. The SMILES string of the molecule is CC1(c2ccccc2)Cc2ccc3ccccc3c2O1. The molecule has 4 rings (SSSR count). The summed E-state index contributed by atoms with van der Waals surface area (Å²) in [5.74, 6) is 1.05. The Kier molecular flexibility index (Phi) is 2.37. The van der Waals surface area contributed by atoms with Crippen LogP contribution >= 0.6 is 0 Å². The van der Waals surface area contributed by atoms with Crippen LogP contribution in [0.1, 0.15) is 18.1 Å². The third kappa shape index (κ3) is 1.63. The maximum atomic E-state index is 6.39. The molecule has 0 saturated carbocycles.